The lowest BCUT2D eigenvalue weighted by Gasteiger charge is -2.14. The van der Waals surface area contributed by atoms with E-state index in [1.165, 1.54) is 19.3 Å². The maximum absolute atomic E-state index is 2.34. The van der Waals surface area contributed by atoms with Crippen molar-refractivity contribution in [1.82, 2.24) is 0 Å². The summed E-state index contributed by atoms with van der Waals surface area (Å²) in [6, 6.07) is 0. The molecular formula is C12H24. The van der Waals surface area contributed by atoms with Gasteiger partial charge in [-0.3, -0.25) is 0 Å². The van der Waals surface area contributed by atoms with Gasteiger partial charge in [0.05, 0.1) is 0 Å². The summed E-state index contributed by atoms with van der Waals surface area (Å²) in [6.07, 6.45) is 6.29. The first-order valence-electron chi connectivity index (χ1n) is 5.24. The second kappa shape index (κ2) is 6.28. The van der Waals surface area contributed by atoms with Crippen molar-refractivity contribution >= 4 is 0 Å². The lowest BCUT2D eigenvalue weighted by molar-refractivity contribution is 0.450. The van der Waals surface area contributed by atoms with Crippen LogP contribution >= 0.6 is 0 Å². The van der Waals surface area contributed by atoms with Gasteiger partial charge in [0, 0.05) is 0 Å². The minimum Gasteiger partial charge on any atom is -0.0885 e. The molecule has 0 aromatic heterocycles. The van der Waals surface area contributed by atoms with Crippen molar-refractivity contribution in [3.8, 4) is 0 Å². The highest BCUT2D eigenvalue weighted by Gasteiger charge is 2.05. The number of allylic oxidation sites excluding steroid dienone is 2. The molecule has 12 heavy (non-hydrogen) atoms. The molecule has 72 valence electrons. The summed E-state index contributed by atoms with van der Waals surface area (Å²) in [5, 5.41) is 0. The van der Waals surface area contributed by atoms with Crippen molar-refractivity contribution in [1.29, 1.82) is 0 Å². The summed E-state index contributed by atoms with van der Waals surface area (Å²) in [7, 11) is 0. The van der Waals surface area contributed by atoms with Gasteiger partial charge in [0.15, 0.2) is 0 Å². The van der Waals surface area contributed by atoms with E-state index in [0.717, 1.165) is 11.8 Å². The van der Waals surface area contributed by atoms with Crippen LogP contribution in [0, 0.1) is 11.8 Å². The predicted molar refractivity (Wildman–Crippen MR) is 57.3 cm³/mol. The average molecular weight is 168 g/mol. The number of rotatable bonds is 5. The smallest absolute Gasteiger partial charge is 0.0234 e. The van der Waals surface area contributed by atoms with Gasteiger partial charge in [-0.25, -0.2) is 0 Å². The molecule has 0 bridgehead atoms. The maximum atomic E-state index is 2.34. The van der Waals surface area contributed by atoms with Gasteiger partial charge in [0.1, 0.15) is 0 Å². The zero-order valence-corrected chi connectivity index (χ0v) is 9.35. The van der Waals surface area contributed by atoms with E-state index < -0.39 is 0 Å². The summed E-state index contributed by atoms with van der Waals surface area (Å²) in [6.45, 7) is 11.3. The minimum atomic E-state index is 0.781. The maximum Gasteiger partial charge on any atom is -0.0234 e. The zero-order valence-electron chi connectivity index (χ0n) is 9.35. The first kappa shape index (κ1) is 11.7. The van der Waals surface area contributed by atoms with Crippen LogP contribution in [-0.2, 0) is 0 Å². The predicted octanol–water partition coefficient (Wildman–Crippen LogP) is 4.42. The second-order valence-electron chi connectivity index (χ2n) is 4.02. The summed E-state index contributed by atoms with van der Waals surface area (Å²) in [5.41, 5.74) is 1.54. The molecule has 0 radical (unpaired) electrons. The van der Waals surface area contributed by atoms with Crippen LogP contribution in [0.2, 0.25) is 0 Å². The minimum absolute atomic E-state index is 0.781. The lowest BCUT2D eigenvalue weighted by atomic mass is 9.92. The summed E-state index contributed by atoms with van der Waals surface area (Å²) < 4.78 is 0. The Labute approximate surface area is 78.1 Å². The molecule has 0 aromatic carbocycles. The average Bonchev–Trinajstić information content (AvgIpc) is 2.11. The van der Waals surface area contributed by atoms with Crippen LogP contribution in [-0.4, -0.2) is 0 Å². The van der Waals surface area contributed by atoms with Gasteiger partial charge in [-0.15, -0.1) is 0 Å². The molecule has 2 unspecified atom stereocenters. The lowest BCUT2D eigenvalue weighted by Crippen LogP contribution is -2.00. The molecule has 0 rings (SSSR count). The third-order valence-electron chi connectivity index (χ3n) is 3.02. The van der Waals surface area contributed by atoms with Crippen molar-refractivity contribution < 1.29 is 0 Å². The Morgan fingerprint density at radius 3 is 2.25 bits per heavy atom. The number of hydrogen-bond acceptors (Lipinski definition) is 0. The standard InChI is InChI=1S/C12H24/c1-6-10(3)8-9-12(5)11(4)7-2/h7,10,12H,6,8-9H2,1-5H3. The molecule has 0 aliphatic rings. The Hall–Kier alpha value is -0.260. The van der Waals surface area contributed by atoms with Gasteiger partial charge < -0.3 is 0 Å². The van der Waals surface area contributed by atoms with Gasteiger partial charge in [-0.2, -0.15) is 0 Å². The molecule has 0 saturated carbocycles. The number of hydrogen-bond donors (Lipinski definition) is 0. The summed E-state index contributed by atoms with van der Waals surface area (Å²) in [5.74, 6) is 1.68. The van der Waals surface area contributed by atoms with E-state index in [1.807, 2.05) is 0 Å². The van der Waals surface area contributed by atoms with Crippen LogP contribution in [0.25, 0.3) is 0 Å². The molecule has 0 aromatic rings. The fourth-order valence-corrected chi connectivity index (χ4v) is 1.25. The van der Waals surface area contributed by atoms with E-state index in [0.29, 0.717) is 0 Å². The van der Waals surface area contributed by atoms with E-state index in [1.54, 1.807) is 5.57 Å². The highest BCUT2D eigenvalue weighted by Crippen LogP contribution is 2.20. The van der Waals surface area contributed by atoms with E-state index in [2.05, 4.69) is 40.7 Å². The van der Waals surface area contributed by atoms with Crippen LogP contribution < -0.4 is 0 Å². The Morgan fingerprint density at radius 2 is 1.83 bits per heavy atom. The molecule has 0 heteroatoms. The van der Waals surface area contributed by atoms with Crippen molar-refractivity contribution in [2.45, 2.75) is 53.9 Å². The van der Waals surface area contributed by atoms with E-state index >= 15 is 0 Å². The topological polar surface area (TPSA) is 0 Å². The first-order chi connectivity index (χ1) is 5.61. The Balaban J connectivity index is 3.64. The normalized spacial score (nSPS) is 17.6. The van der Waals surface area contributed by atoms with Gasteiger partial charge in [-0.1, -0.05) is 45.3 Å². The van der Waals surface area contributed by atoms with Crippen LogP contribution in [0.5, 0.6) is 0 Å². The summed E-state index contributed by atoms with van der Waals surface area (Å²) >= 11 is 0. The van der Waals surface area contributed by atoms with Crippen LogP contribution in [0.1, 0.15) is 53.9 Å². The van der Waals surface area contributed by atoms with Crippen molar-refractivity contribution in [3.05, 3.63) is 11.6 Å². The highest BCUT2D eigenvalue weighted by molar-refractivity contribution is 4.99. The zero-order chi connectivity index (χ0) is 9.56. The van der Waals surface area contributed by atoms with Crippen molar-refractivity contribution in [2.24, 2.45) is 11.8 Å². The molecular weight excluding hydrogens is 144 g/mol. The Bertz CT molecular complexity index is 133. The largest absolute Gasteiger partial charge is 0.0885 e. The van der Waals surface area contributed by atoms with Gasteiger partial charge in [0.2, 0.25) is 0 Å². The van der Waals surface area contributed by atoms with Gasteiger partial charge >= 0.3 is 0 Å². The molecule has 0 nitrogen and oxygen atoms in total. The van der Waals surface area contributed by atoms with Crippen molar-refractivity contribution in [2.75, 3.05) is 0 Å². The van der Waals surface area contributed by atoms with E-state index in [-0.39, 0.29) is 0 Å². The molecule has 0 aliphatic carbocycles. The Morgan fingerprint density at radius 1 is 1.25 bits per heavy atom. The highest BCUT2D eigenvalue weighted by atomic mass is 14.1. The molecule has 2 atom stereocenters. The van der Waals surface area contributed by atoms with Crippen molar-refractivity contribution in [3.63, 3.8) is 0 Å². The monoisotopic (exact) mass is 168 g/mol. The molecule has 0 saturated heterocycles. The second-order valence-corrected chi connectivity index (χ2v) is 4.02. The van der Waals surface area contributed by atoms with Gasteiger partial charge in [0.25, 0.3) is 0 Å². The third kappa shape index (κ3) is 4.58. The molecule has 0 N–H and O–H groups in total. The Kier molecular flexibility index (Phi) is 6.14. The fourth-order valence-electron chi connectivity index (χ4n) is 1.25. The first-order valence-corrected chi connectivity index (χ1v) is 5.24. The van der Waals surface area contributed by atoms with E-state index in [9.17, 15) is 0 Å². The third-order valence-corrected chi connectivity index (χ3v) is 3.02. The summed E-state index contributed by atoms with van der Waals surface area (Å²) in [4.78, 5) is 0. The van der Waals surface area contributed by atoms with Crippen LogP contribution in [0.3, 0.4) is 0 Å². The molecule has 0 spiro atoms. The van der Waals surface area contributed by atoms with Crippen LogP contribution in [0.15, 0.2) is 11.6 Å². The SMILES string of the molecule is CC=C(C)C(C)CCC(C)CC. The van der Waals surface area contributed by atoms with E-state index in [4.69, 9.17) is 0 Å². The van der Waals surface area contributed by atoms with Crippen LogP contribution in [0.4, 0.5) is 0 Å². The fraction of sp³-hybridized carbons (Fsp3) is 0.833. The molecule has 0 aliphatic heterocycles. The quantitative estimate of drug-likeness (QED) is 0.533. The molecule has 0 heterocycles. The van der Waals surface area contributed by atoms with Gasteiger partial charge in [-0.05, 0) is 32.1 Å². The molecule has 0 fully saturated rings. The molecule has 0 amide bonds.